The first-order valence-corrected chi connectivity index (χ1v) is 8.95. The summed E-state index contributed by atoms with van der Waals surface area (Å²) < 4.78 is 47.3. The van der Waals surface area contributed by atoms with Crippen LogP contribution in [-0.4, -0.2) is 19.3 Å². The summed E-state index contributed by atoms with van der Waals surface area (Å²) in [5.74, 6) is -0.823. The van der Waals surface area contributed by atoms with Crippen molar-refractivity contribution in [1.29, 1.82) is 0 Å². The molecule has 0 saturated carbocycles. The summed E-state index contributed by atoms with van der Waals surface area (Å²) in [4.78, 5) is 16.5. The highest BCUT2D eigenvalue weighted by molar-refractivity contribution is 7.18. The Morgan fingerprint density at radius 3 is 2.50 bits per heavy atom. The number of aryl methyl sites for hydroxylation is 1. The minimum Gasteiger partial charge on any atom is -0.486 e. The fourth-order valence-corrected chi connectivity index (χ4v) is 3.58. The van der Waals surface area contributed by atoms with Crippen LogP contribution in [0.1, 0.15) is 10.8 Å². The van der Waals surface area contributed by atoms with E-state index in [2.05, 4.69) is 10.1 Å². The molecular weight excluding hydrogens is 393 g/mol. The lowest BCUT2D eigenvalue weighted by Crippen LogP contribution is -2.24. The molecule has 0 saturated heterocycles. The van der Waals surface area contributed by atoms with Gasteiger partial charge in [-0.3, -0.25) is 0 Å². The predicted molar refractivity (Wildman–Crippen MR) is 97.8 cm³/mol. The zero-order valence-electron chi connectivity index (χ0n) is 14.5. The maximum atomic E-state index is 13.1. The lowest BCUT2D eigenvalue weighted by molar-refractivity contribution is -0.146. The van der Waals surface area contributed by atoms with Crippen LogP contribution in [0.3, 0.4) is 0 Å². The van der Waals surface area contributed by atoms with Crippen molar-refractivity contribution in [3.8, 4) is 11.4 Å². The summed E-state index contributed by atoms with van der Waals surface area (Å²) in [5.41, 5.74) is 0.0605. The fourth-order valence-electron chi connectivity index (χ4n) is 2.70. The Morgan fingerprint density at radius 2 is 1.82 bits per heavy atom. The van der Waals surface area contributed by atoms with Gasteiger partial charge in [0.05, 0.1) is 15.9 Å². The number of rotatable bonds is 4. The average molecular weight is 406 g/mol. The first-order valence-electron chi connectivity index (χ1n) is 8.14. The number of benzene rings is 2. The standard InChI is InChI=1S/C18H13F3N4O2S/c1-24-17(26)25(16(23-24)18(19,20)21)11-6-8-12(9-7-11)27-10-15-22-13-4-2-3-5-14(13)28-15/h2-9H,10H2,1H3. The van der Waals surface area contributed by atoms with Crippen LogP contribution in [-0.2, 0) is 19.8 Å². The van der Waals surface area contributed by atoms with Crippen LogP contribution >= 0.6 is 11.3 Å². The van der Waals surface area contributed by atoms with E-state index in [9.17, 15) is 18.0 Å². The third-order valence-electron chi connectivity index (χ3n) is 3.97. The molecule has 28 heavy (non-hydrogen) atoms. The van der Waals surface area contributed by atoms with E-state index in [0.717, 1.165) is 15.2 Å². The van der Waals surface area contributed by atoms with Crippen molar-refractivity contribution in [2.24, 2.45) is 7.05 Å². The zero-order chi connectivity index (χ0) is 19.9. The predicted octanol–water partition coefficient (Wildman–Crippen LogP) is 3.78. The molecule has 2 heterocycles. The summed E-state index contributed by atoms with van der Waals surface area (Å²) >= 11 is 1.51. The van der Waals surface area contributed by atoms with Gasteiger partial charge in [-0.2, -0.15) is 13.2 Å². The molecular formula is C18H13F3N4O2S. The number of alkyl halides is 3. The van der Waals surface area contributed by atoms with Gasteiger partial charge in [0.1, 0.15) is 17.4 Å². The van der Waals surface area contributed by atoms with Gasteiger partial charge in [-0.05, 0) is 36.4 Å². The molecule has 0 bridgehead atoms. The van der Waals surface area contributed by atoms with Crippen LogP contribution in [0.2, 0.25) is 0 Å². The van der Waals surface area contributed by atoms with Crippen molar-refractivity contribution >= 4 is 21.6 Å². The van der Waals surface area contributed by atoms with Crippen molar-refractivity contribution in [1.82, 2.24) is 19.3 Å². The summed E-state index contributed by atoms with van der Waals surface area (Å²) in [6, 6.07) is 13.5. The molecule has 0 aliphatic heterocycles. The second-order valence-electron chi connectivity index (χ2n) is 5.92. The van der Waals surface area contributed by atoms with Gasteiger partial charge in [0.15, 0.2) is 0 Å². The van der Waals surface area contributed by atoms with Gasteiger partial charge in [0.25, 0.3) is 0 Å². The Morgan fingerprint density at radius 1 is 1.11 bits per heavy atom. The molecule has 0 atom stereocenters. The van der Waals surface area contributed by atoms with Crippen LogP contribution in [0.25, 0.3) is 15.9 Å². The van der Waals surface area contributed by atoms with E-state index in [0.29, 0.717) is 15.0 Å². The van der Waals surface area contributed by atoms with Gasteiger partial charge >= 0.3 is 11.9 Å². The lowest BCUT2D eigenvalue weighted by atomic mass is 10.3. The van der Waals surface area contributed by atoms with Gasteiger partial charge in [0.2, 0.25) is 5.82 Å². The molecule has 0 aliphatic carbocycles. The molecule has 4 aromatic rings. The van der Waals surface area contributed by atoms with E-state index in [1.807, 2.05) is 24.3 Å². The highest BCUT2D eigenvalue weighted by Crippen LogP contribution is 2.29. The van der Waals surface area contributed by atoms with Crippen LogP contribution in [0, 0.1) is 0 Å². The van der Waals surface area contributed by atoms with Crippen molar-refractivity contribution in [3.05, 3.63) is 69.8 Å². The second kappa shape index (κ2) is 6.79. The minimum atomic E-state index is -4.75. The molecule has 0 aliphatic rings. The molecule has 0 N–H and O–H groups in total. The molecule has 0 radical (unpaired) electrons. The van der Waals surface area contributed by atoms with Crippen molar-refractivity contribution < 1.29 is 17.9 Å². The number of nitrogens with zero attached hydrogens (tertiary/aromatic N) is 4. The fraction of sp³-hybridized carbons (Fsp3) is 0.167. The number of hydrogen-bond donors (Lipinski definition) is 0. The van der Waals surface area contributed by atoms with Crippen LogP contribution in [0.4, 0.5) is 13.2 Å². The van der Waals surface area contributed by atoms with Crippen LogP contribution < -0.4 is 10.4 Å². The van der Waals surface area contributed by atoms with Gasteiger partial charge in [-0.15, -0.1) is 16.4 Å². The Hall–Kier alpha value is -3.14. The molecule has 144 valence electrons. The number of thiazole rings is 1. The van der Waals surface area contributed by atoms with E-state index < -0.39 is 17.7 Å². The van der Waals surface area contributed by atoms with Gasteiger partial charge in [-0.1, -0.05) is 12.1 Å². The first-order chi connectivity index (χ1) is 13.3. The molecule has 0 fully saturated rings. The summed E-state index contributed by atoms with van der Waals surface area (Å²) in [7, 11) is 1.17. The van der Waals surface area contributed by atoms with Gasteiger partial charge < -0.3 is 4.74 Å². The molecule has 0 amide bonds. The number of aromatic nitrogens is 4. The number of ether oxygens (including phenoxy) is 1. The smallest absolute Gasteiger partial charge is 0.452 e. The third kappa shape index (κ3) is 3.38. The average Bonchev–Trinajstić information content (AvgIpc) is 3.21. The van der Waals surface area contributed by atoms with Crippen LogP contribution in [0.5, 0.6) is 5.75 Å². The molecule has 2 aromatic carbocycles. The minimum absolute atomic E-state index is 0.0535. The highest BCUT2D eigenvalue weighted by Gasteiger charge is 2.39. The van der Waals surface area contributed by atoms with Gasteiger partial charge in [0, 0.05) is 7.05 Å². The summed E-state index contributed by atoms with van der Waals surface area (Å²) in [6.45, 7) is 0.235. The van der Waals surface area contributed by atoms with E-state index in [1.54, 1.807) is 0 Å². The zero-order valence-corrected chi connectivity index (χ0v) is 15.3. The number of halogens is 3. The Balaban J connectivity index is 1.55. The molecule has 4 rings (SSSR count). The molecule has 2 aromatic heterocycles. The topological polar surface area (TPSA) is 61.9 Å². The van der Waals surface area contributed by atoms with Crippen molar-refractivity contribution in [2.75, 3.05) is 0 Å². The number of hydrogen-bond acceptors (Lipinski definition) is 5. The first kappa shape index (κ1) is 18.2. The van der Waals surface area contributed by atoms with E-state index in [-0.39, 0.29) is 12.3 Å². The Labute approximate surface area is 160 Å². The number of para-hydroxylation sites is 1. The van der Waals surface area contributed by atoms with Crippen LogP contribution in [0.15, 0.2) is 53.3 Å². The summed E-state index contributed by atoms with van der Waals surface area (Å²) in [5, 5.41) is 4.07. The summed E-state index contributed by atoms with van der Waals surface area (Å²) in [6.07, 6.45) is -4.75. The second-order valence-corrected chi connectivity index (χ2v) is 7.04. The largest absolute Gasteiger partial charge is 0.486 e. The van der Waals surface area contributed by atoms with Crippen molar-refractivity contribution in [2.45, 2.75) is 12.8 Å². The maximum Gasteiger partial charge on any atom is 0.452 e. The van der Waals surface area contributed by atoms with E-state index >= 15 is 0 Å². The normalized spacial score (nSPS) is 11.9. The maximum absolute atomic E-state index is 13.1. The third-order valence-corrected chi connectivity index (χ3v) is 4.98. The SMILES string of the molecule is Cn1nc(C(F)(F)F)n(-c2ccc(OCc3nc4ccccc4s3)cc2)c1=O. The van der Waals surface area contributed by atoms with E-state index in [1.165, 1.54) is 42.6 Å². The molecule has 6 nitrogen and oxygen atoms in total. The number of fused-ring (bicyclic) bond motifs is 1. The van der Waals surface area contributed by atoms with Gasteiger partial charge in [-0.25, -0.2) is 19.0 Å². The highest BCUT2D eigenvalue weighted by atomic mass is 32.1. The Bertz CT molecular complexity index is 1160. The molecule has 0 spiro atoms. The Kier molecular flexibility index (Phi) is 4.42. The van der Waals surface area contributed by atoms with Crippen molar-refractivity contribution in [3.63, 3.8) is 0 Å². The lowest BCUT2D eigenvalue weighted by Gasteiger charge is -2.09. The quantitative estimate of drug-likeness (QED) is 0.518. The monoisotopic (exact) mass is 406 g/mol. The van der Waals surface area contributed by atoms with E-state index in [4.69, 9.17) is 4.74 Å². The molecule has 10 heteroatoms. The molecule has 0 unspecified atom stereocenters.